The Balaban J connectivity index is 1.76. The Morgan fingerprint density at radius 2 is 1.86 bits per heavy atom. The van der Waals surface area contributed by atoms with Crippen LogP contribution in [0.5, 0.6) is 5.75 Å². The summed E-state index contributed by atoms with van der Waals surface area (Å²) >= 11 is 0. The van der Waals surface area contributed by atoms with E-state index in [9.17, 15) is 4.79 Å². The van der Waals surface area contributed by atoms with Crippen LogP contribution in [0.2, 0.25) is 0 Å². The largest absolute Gasteiger partial charge is 0.491 e. The second-order valence-corrected chi connectivity index (χ2v) is 4.87. The predicted octanol–water partition coefficient (Wildman–Crippen LogP) is 2.78. The smallest absolute Gasteiger partial charge is 0.261 e. The Hall–Kier alpha value is -2.62. The molecule has 0 aliphatic carbocycles. The van der Waals surface area contributed by atoms with E-state index in [2.05, 4.69) is 4.98 Å². The van der Waals surface area contributed by atoms with Gasteiger partial charge < -0.3 is 4.74 Å². The van der Waals surface area contributed by atoms with Crippen molar-refractivity contribution in [3.05, 3.63) is 70.8 Å². The topological polar surface area (TPSA) is 44.1 Å². The van der Waals surface area contributed by atoms with Crippen molar-refractivity contribution < 1.29 is 4.74 Å². The summed E-state index contributed by atoms with van der Waals surface area (Å²) in [4.78, 5) is 16.6. The van der Waals surface area contributed by atoms with E-state index in [1.54, 1.807) is 17.0 Å². The van der Waals surface area contributed by atoms with E-state index >= 15 is 0 Å². The number of fused-ring (bicyclic) bond motifs is 1. The predicted molar refractivity (Wildman–Crippen MR) is 82.7 cm³/mol. The van der Waals surface area contributed by atoms with Gasteiger partial charge in [-0.05, 0) is 30.7 Å². The number of rotatable bonds is 4. The SMILES string of the molecule is Cc1ccccc1OCCn1cnc2ccccc2c1=O. The van der Waals surface area contributed by atoms with Gasteiger partial charge in [-0.15, -0.1) is 0 Å². The van der Waals surface area contributed by atoms with Gasteiger partial charge >= 0.3 is 0 Å². The summed E-state index contributed by atoms with van der Waals surface area (Å²) in [5, 5.41) is 0.635. The van der Waals surface area contributed by atoms with Crippen molar-refractivity contribution in [2.75, 3.05) is 6.61 Å². The Morgan fingerprint density at radius 3 is 2.71 bits per heavy atom. The molecule has 4 heteroatoms. The molecule has 0 fully saturated rings. The number of aryl methyl sites for hydroxylation is 1. The van der Waals surface area contributed by atoms with Crippen molar-refractivity contribution in [2.45, 2.75) is 13.5 Å². The Kier molecular flexibility index (Phi) is 3.69. The fourth-order valence-corrected chi connectivity index (χ4v) is 2.24. The van der Waals surface area contributed by atoms with Crippen LogP contribution in [0.25, 0.3) is 10.9 Å². The molecule has 0 amide bonds. The lowest BCUT2D eigenvalue weighted by Crippen LogP contribution is -2.23. The molecule has 0 spiro atoms. The van der Waals surface area contributed by atoms with Crippen LogP contribution in [-0.2, 0) is 6.54 Å². The van der Waals surface area contributed by atoms with Crippen LogP contribution in [0.15, 0.2) is 59.7 Å². The van der Waals surface area contributed by atoms with E-state index in [0.717, 1.165) is 16.8 Å². The highest BCUT2D eigenvalue weighted by Crippen LogP contribution is 2.15. The molecule has 0 aliphatic heterocycles. The fourth-order valence-electron chi connectivity index (χ4n) is 2.24. The highest BCUT2D eigenvalue weighted by molar-refractivity contribution is 5.76. The van der Waals surface area contributed by atoms with Crippen molar-refractivity contribution in [1.82, 2.24) is 9.55 Å². The molecule has 3 rings (SSSR count). The first-order valence-corrected chi connectivity index (χ1v) is 6.88. The van der Waals surface area contributed by atoms with Crippen LogP contribution < -0.4 is 10.3 Å². The molecule has 3 aromatic rings. The molecule has 0 saturated heterocycles. The third-order valence-corrected chi connectivity index (χ3v) is 3.41. The molecule has 1 heterocycles. The van der Waals surface area contributed by atoms with E-state index in [1.165, 1.54) is 0 Å². The van der Waals surface area contributed by atoms with E-state index in [0.29, 0.717) is 18.5 Å². The van der Waals surface area contributed by atoms with Crippen molar-refractivity contribution in [2.24, 2.45) is 0 Å². The maximum absolute atomic E-state index is 12.3. The molecule has 0 atom stereocenters. The highest BCUT2D eigenvalue weighted by atomic mass is 16.5. The van der Waals surface area contributed by atoms with Gasteiger partial charge in [0.1, 0.15) is 12.4 Å². The molecule has 2 aromatic carbocycles. The van der Waals surface area contributed by atoms with Crippen LogP contribution in [0.4, 0.5) is 0 Å². The van der Waals surface area contributed by atoms with Gasteiger partial charge in [0, 0.05) is 0 Å². The molecular weight excluding hydrogens is 264 g/mol. The van der Waals surface area contributed by atoms with Crippen LogP contribution in [-0.4, -0.2) is 16.2 Å². The second-order valence-electron chi connectivity index (χ2n) is 4.87. The normalized spacial score (nSPS) is 10.7. The standard InChI is InChI=1S/C17H16N2O2/c1-13-6-2-5-9-16(13)21-11-10-19-12-18-15-8-4-3-7-14(15)17(19)20/h2-9,12H,10-11H2,1H3. The van der Waals surface area contributed by atoms with Crippen molar-refractivity contribution in [3.8, 4) is 5.75 Å². The quantitative estimate of drug-likeness (QED) is 0.738. The maximum atomic E-state index is 12.3. The summed E-state index contributed by atoms with van der Waals surface area (Å²) in [6, 6.07) is 15.2. The zero-order chi connectivity index (χ0) is 14.7. The first kappa shape index (κ1) is 13.4. The zero-order valence-corrected chi connectivity index (χ0v) is 11.8. The number of benzene rings is 2. The molecule has 0 aliphatic rings. The molecule has 0 N–H and O–H groups in total. The van der Waals surface area contributed by atoms with Gasteiger partial charge in [-0.2, -0.15) is 0 Å². The minimum atomic E-state index is -0.0333. The molecule has 0 radical (unpaired) electrons. The van der Waals surface area contributed by atoms with Crippen molar-refractivity contribution in [3.63, 3.8) is 0 Å². The Labute approximate surface area is 122 Å². The molecule has 0 bridgehead atoms. The summed E-state index contributed by atoms with van der Waals surface area (Å²) in [6.45, 7) is 2.91. The fraction of sp³-hybridized carbons (Fsp3) is 0.176. The number of nitrogens with zero attached hydrogens (tertiary/aromatic N) is 2. The van der Waals surface area contributed by atoms with E-state index in [4.69, 9.17) is 4.74 Å². The maximum Gasteiger partial charge on any atom is 0.261 e. The Bertz CT molecular complexity index is 824. The highest BCUT2D eigenvalue weighted by Gasteiger charge is 2.04. The number of hydrogen-bond donors (Lipinski definition) is 0. The van der Waals surface area contributed by atoms with Crippen molar-refractivity contribution >= 4 is 10.9 Å². The monoisotopic (exact) mass is 280 g/mol. The van der Waals surface area contributed by atoms with Crippen molar-refractivity contribution in [1.29, 1.82) is 0 Å². The van der Waals surface area contributed by atoms with E-state index < -0.39 is 0 Å². The number of ether oxygens (including phenoxy) is 1. The van der Waals surface area contributed by atoms with Gasteiger partial charge in [0.15, 0.2) is 0 Å². The lowest BCUT2D eigenvalue weighted by Gasteiger charge is -2.10. The number of para-hydroxylation sites is 2. The number of aromatic nitrogens is 2. The molecule has 0 unspecified atom stereocenters. The molecular formula is C17H16N2O2. The van der Waals surface area contributed by atoms with Gasteiger partial charge in [0.25, 0.3) is 5.56 Å². The molecule has 21 heavy (non-hydrogen) atoms. The number of hydrogen-bond acceptors (Lipinski definition) is 3. The summed E-state index contributed by atoms with van der Waals surface area (Å²) in [5.74, 6) is 0.847. The second kappa shape index (κ2) is 5.79. The summed E-state index contributed by atoms with van der Waals surface area (Å²) in [7, 11) is 0. The van der Waals surface area contributed by atoms with Gasteiger partial charge in [0.05, 0.1) is 23.8 Å². The summed E-state index contributed by atoms with van der Waals surface area (Å²) < 4.78 is 7.30. The molecule has 4 nitrogen and oxygen atoms in total. The minimum Gasteiger partial charge on any atom is -0.491 e. The zero-order valence-electron chi connectivity index (χ0n) is 11.8. The first-order chi connectivity index (χ1) is 10.3. The summed E-state index contributed by atoms with van der Waals surface area (Å²) in [6.07, 6.45) is 1.58. The van der Waals surface area contributed by atoms with Gasteiger partial charge in [-0.1, -0.05) is 30.3 Å². The summed E-state index contributed by atoms with van der Waals surface area (Å²) in [5.41, 5.74) is 1.77. The lowest BCUT2D eigenvalue weighted by atomic mass is 10.2. The van der Waals surface area contributed by atoms with Crippen LogP contribution in [0.3, 0.4) is 0 Å². The minimum absolute atomic E-state index is 0.0333. The van der Waals surface area contributed by atoms with Crippen LogP contribution in [0.1, 0.15) is 5.56 Å². The molecule has 1 aromatic heterocycles. The van der Waals surface area contributed by atoms with Gasteiger partial charge in [-0.3, -0.25) is 9.36 Å². The average Bonchev–Trinajstić information content (AvgIpc) is 2.52. The van der Waals surface area contributed by atoms with Crippen LogP contribution in [0, 0.1) is 6.92 Å². The first-order valence-electron chi connectivity index (χ1n) is 6.88. The Morgan fingerprint density at radius 1 is 1.10 bits per heavy atom. The van der Waals surface area contributed by atoms with Gasteiger partial charge in [0.2, 0.25) is 0 Å². The third kappa shape index (κ3) is 2.79. The van der Waals surface area contributed by atoms with E-state index in [-0.39, 0.29) is 5.56 Å². The third-order valence-electron chi connectivity index (χ3n) is 3.41. The van der Waals surface area contributed by atoms with E-state index in [1.807, 2.05) is 49.4 Å². The average molecular weight is 280 g/mol. The molecule has 0 saturated carbocycles. The lowest BCUT2D eigenvalue weighted by molar-refractivity contribution is 0.294. The van der Waals surface area contributed by atoms with Gasteiger partial charge in [-0.25, -0.2) is 4.98 Å². The molecule has 106 valence electrons. The van der Waals surface area contributed by atoms with Crippen LogP contribution >= 0.6 is 0 Å².